The molecule has 194 valence electrons. The van der Waals surface area contributed by atoms with Crippen molar-refractivity contribution in [2.24, 2.45) is 0 Å². The summed E-state index contributed by atoms with van der Waals surface area (Å²) >= 11 is 0. The van der Waals surface area contributed by atoms with Gasteiger partial charge in [0.2, 0.25) is 0 Å². The molecule has 3 heterocycles. The summed E-state index contributed by atoms with van der Waals surface area (Å²) in [6, 6.07) is 7.41. The van der Waals surface area contributed by atoms with Gasteiger partial charge >= 0.3 is 13.7 Å². The number of benzene rings is 1. The van der Waals surface area contributed by atoms with E-state index in [2.05, 4.69) is 20.0 Å². The fourth-order valence-corrected chi connectivity index (χ4v) is 5.56. The Bertz CT molecular complexity index is 1260. The van der Waals surface area contributed by atoms with E-state index in [1.807, 2.05) is 0 Å². The van der Waals surface area contributed by atoms with Crippen LogP contribution in [-0.4, -0.2) is 62.1 Å². The molecule has 0 spiro atoms. The molecular weight excluding hydrogens is 491 g/mol. The minimum Gasteiger partial charge on any atom is -0.465 e. The maximum atomic E-state index is 13.9. The fourth-order valence-electron chi connectivity index (χ4n) is 3.84. The highest BCUT2D eigenvalue weighted by Gasteiger charge is 2.44. The molecule has 1 aliphatic heterocycles. The molecule has 3 aromatic rings. The smallest absolute Gasteiger partial charge is 0.459 e. The molecular formula is C22H29N6O7P. The van der Waals surface area contributed by atoms with E-state index in [0.29, 0.717) is 17.0 Å². The van der Waals surface area contributed by atoms with E-state index in [1.165, 1.54) is 13.3 Å². The number of nitrogen functional groups attached to an aromatic ring is 1. The molecule has 0 bridgehead atoms. The summed E-state index contributed by atoms with van der Waals surface area (Å²) in [6.07, 6.45) is -0.678. The van der Waals surface area contributed by atoms with Gasteiger partial charge in [-0.05, 0) is 32.9 Å². The number of anilines is 1. The first kappa shape index (κ1) is 26.0. The summed E-state index contributed by atoms with van der Waals surface area (Å²) in [5.74, 6) is 0.348. The van der Waals surface area contributed by atoms with Gasteiger partial charge in [0.25, 0.3) is 0 Å². The van der Waals surface area contributed by atoms with Crippen LogP contribution in [0, 0.1) is 6.92 Å². The maximum absolute atomic E-state index is 13.9. The number of nitrogens with zero attached hydrogens (tertiary/aromatic N) is 4. The Hall–Kier alpha value is -3.09. The van der Waals surface area contributed by atoms with Crippen LogP contribution in [0.5, 0.6) is 5.75 Å². The monoisotopic (exact) mass is 520 g/mol. The van der Waals surface area contributed by atoms with E-state index >= 15 is 0 Å². The highest BCUT2D eigenvalue weighted by molar-refractivity contribution is 7.52. The molecule has 14 heteroatoms. The average molecular weight is 520 g/mol. The third-order valence-corrected chi connectivity index (χ3v) is 7.17. The first-order valence-electron chi connectivity index (χ1n) is 11.4. The molecule has 1 unspecified atom stereocenters. The highest BCUT2D eigenvalue weighted by atomic mass is 31.2. The van der Waals surface area contributed by atoms with Gasteiger partial charge in [-0.3, -0.25) is 13.9 Å². The first-order valence-corrected chi connectivity index (χ1v) is 13.0. The Morgan fingerprint density at radius 3 is 2.81 bits per heavy atom. The molecule has 1 aliphatic rings. The summed E-state index contributed by atoms with van der Waals surface area (Å²) in [5, 5.41) is 12.6. The highest BCUT2D eigenvalue weighted by Crippen LogP contribution is 2.49. The van der Waals surface area contributed by atoms with Gasteiger partial charge in [0.05, 0.1) is 19.5 Å². The predicted octanol–water partition coefficient (Wildman–Crippen LogP) is 2.11. The number of carbonyl (C=O) groups is 1. The van der Waals surface area contributed by atoms with Gasteiger partial charge in [0.15, 0.2) is 11.5 Å². The summed E-state index contributed by atoms with van der Waals surface area (Å²) in [5.41, 5.74) is 6.84. The zero-order valence-electron chi connectivity index (χ0n) is 20.1. The van der Waals surface area contributed by atoms with Crippen LogP contribution < -0.4 is 15.3 Å². The lowest BCUT2D eigenvalue weighted by molar-refractivity contribution is -0.144. The van der Waals surface area contributed by atoms with Gasteiger partial charge in [0, 0.05) is 6.42 Å². The van der Waals surface area contributed by atoms with Gasteiger partial charge in [-0.15, -0.1) is 0 Å². The van der Waals surface area contributed by atoms with Crippen LogP contribution in [-0.2, 0) is 23.4 Å². The molecule has 1 aromatic carbocycles. The third-order valence-electron chi connectivity index (χ3n) is 5.47. The van der Waals surface area contributed by atoms with Crippen molar-refractivity contribution in [1.82, 2.24) is 24.6 Å². The zero-order chi connectivity index (χ0) is 25.9. The van der Waals surface area contributed by atoms with Gasteiger partial charge in [-0.1, -0.05) is 18.2 Å². The second-order valence-electron chi connectivity index (χ2n) is 8.18. The number of nitrogens with two attached hydrogens (primary N) is 1. The van der Waals surface area contributed by atoms with E-state index in [0.717, 1.165) is 0 Å². The molecule has 4 N–H and O–H groups in total. The number of imidazole rings is 1. The van der Waals surface area contributed by atoms with Crippen LogP contribution >= 0.6 is 7.75 Å². The zero-order valence-corrected chi connectivity index (χ0v) is 21.0. The topological polar surface area (TPSA) is 173 Å². The first-order chi connectivity index (χ1) is 17.2. The summed E-state index contributed by atoms with van der Waals surface area (Å²) in [4.78, 5) is 25.0. The minimum atomic E-state index is -4.15. The van der Waals surface area contributed by atoms with Crippen molar-refractivity contribution < 1.29 is 33.0 Å². The Labute approximate surface area is 207 Å². The van der Waals surface area contributed by atoms with Crippen LogP contribution in [0.25, 0.3) is 11.2 Å². The predicted molar refractivity (Wildman–Crippen MR) is 129 cm³/mol. The van der Waals surface area contributed by atoms with E-state index in [4.69, 9.17) is 24.3 Å². The molecule has 13 nitrogen and oxygen atoms in total. The lowest BCUT2D eigenvalue weighted by atomic mass is 10.2. The van der Waals surface area contributed by atoms with E-state index in [-0.39, 0.29) is 24.6 Å². The molecule has 4 rings (SSSR count). The maximum Gasteiger partial charge on any atom is 0.459 e. The van der Waals surface area contributed by atoms with E-state index in [9.17, 15) is 14.5 Å². The number of aryl methyl sites for hydroxylation is 1. The van der Waals surface area contributed by atoms with Crippen LogP contribution in [0.4, 0.5) is 5.82 Å². The van der Waals surface area contributed by atoms with Crippen molar-refractivity contribution in [2.75, 3.05) is 18.9 Å². The van der Waals surface area contributed by atoms with Crippen LogP contribution in [0.1, 0.15) is 32.3 Å². The fraction of sp³-hybridized carbons (Fsp3) is 0.455. The standard InChI is InChI=1S/C22H29N6O7P/c1-4-32-22(30)13(2)27-36(31,34-15-8-6-5-7-9-15)35-16-10-18(33-17(16)11-29)28-12-24-19-20(23)25-14(3)26-21(19)28/h5-9,12-13,16-18,29H,4,10-11H2,1-3H3,(H,27,31)(H2,23,25,26)/t13-,16+,17+,18+,36?/m0/s1. The number of para-hydroxylation sites is 1. The number of hydrogen-bond acceptors (Lipinski definition) is 11. The Balaban J connectivity index is 1.59. The second kappa shape index (κ2) is 10.9. The molecule has 0 amide bonds. The Morgan fingerprint density at radius 2 is 2.11 bits per heavy atom. The summed E-state index contributed by atoms with van der Waals surface area (Å²) < 4.78 is 38.2. The van der Waals surface area contributed by atoms with E-state index in [1.54, 1.807) is 48.7 Å². The van der Waals surface area contributed by atoms with Gasteiger partial charge in [-0.2, -0.15) is 5.09 Å². The number of esters is 1. The molecule has 0 aliphatic carbocycles. The molecule has 1 saturated heterocycles. The number of aromatic nitrogens is 4. The SMILES string of the molecule is CCOC(=O)[C@H](C)NP(=O)(Oc1ccccc1)O[C@@H]1C[C@H](n2cnc3c(N)nc(C)nc32)O[C@@H]1CO. The van der Waals surface area contributed by atoms with Gasteiger partial charge < -0.3 is 24.8 Å². The number of aliphatic hydroxyl groups is 1. The largest absolute Gasteiger partial charge is 0.465 e. The number of rotatable bonds is 10. The Morgan fingerprint density at radius 1 is 1.36 bits per heavy atom. The van der Waals surface area contributed by atoms with Gasteiger partial charge in [-0.25, -0.2) is 19.5 Å². The van der Waals surface area contributed by atoms with Crippen molar-refractivity contribution >= 4 is 30.7 Å². The van der Waals surface area contributed by atoms with Crippen molar-refractivity contribution in [3.05, 3.63) is 42.5 Å². The number of hydrogen-bond donors (Lipinski definition) is 3. The lowest BCUT2D eigenvalue weighted by Gasteiger charge is -2.26. The van der Waals surface area contributed by atoms with Crippen molar-refractivity contribution in [3.8, 4) is 5.75 Å². The number of nitrogens with one attached hydrogen (secondary N) is 1. The van der Waals surface area contributed by atoms with Crippen LogP contribution in [0.2, 0.25) is 0 Å². The van der Waals surface area contributed by atoms with Crippen molar-refractivity contribution in [2.45, 2.75) is 51.7 Å². The molecule has 2 aromatic heterocycles. The lowest BCUT2D eigenvalue weighted by Crippen LogP contribution is -2.37. The van der Waals surface area contributed by atoms with Crippen molar-refractivity contribution in [3.63, 3.8) is 0 Å². The molecule has 5 atom stereocenters. The molecule has 36 heavy (non-hydrogen) atoms. The number of carbonyl (C=O) groups excluding carboxylic acids is 1. The van der Waals surface area contributed by atoms with Gasteiger partial charge in [0.1, 0.15) is 41.6 Å². The normalized spacial score (nSPS) is 22.3. The summed E-state index contributed by atoms with van der Waals surface area (Å²) in [6.45, 7) is 4.61. The number of ether oxygens (including phenoxy) is 2. The average Bonchev–Trinajstić information content (AvgIpc) is 3.43. The number of aliphatic hydroxyl groups excluding tert-OH is 1. The number of fused-ring (bicyclic) bond motifs is 1. The minimum absolute atomic E-state index is 0.159. The molecule has 0 radical (unpaired) electrons. The van der Waals surface area contributed by atoms with Crippen molar-refractivity contribution in [1.29, 1.82) is 0 Å². The second-order valence-corrected chi connectivity index (χ2v) is 9.82. The Kier molecular flexibility index (Phi) is 7.86. The van der Waals surface area contributed by atoms with E-state index < -0.39 is 44.8 Å². The van der Waals surface area contributed by atoms with Crippen LogP contribution in [0.15, 0.2) is 36.7 Å². The third kappa shape index (κ3) is 5.66. The summed E-state index contributed by atoms with van der Waals surface area (Å²) in [7, 11) is -4.15. The quantitative estimate of drug-likeness (QED) is 0.263. The molecule has 1 fully saturated rings. The van der Waals surface area contributed by atoms with Crippen LogP contribution in [0.3, 0.4) is 0 Å². The molecule has 0 saturated carbocycles.